The van der Waals surface area contributed by atoms with E-state index in [1.165, 1.54) is 17.7 Å². The molecule has 0 atom stereocenters. The average molecular weight is 324 g/mol. The average Bonchev–Trinajstić information content (AvgIpc) is 2.59. The topological polar surface area (TPSA) is 82.2 Å². The number of nitro benzene ring substituents is 1. The smallest absolute Gasteiger partial charge is 0.289 e. The zero-order chi connectivity index (χ0) is 17.4. The first-order chi connectivity index (χ1) is 11.6. The lowest BCUT2D eigenvalue weighted by molar-refractivity contribution is -0.385. The van der Waals surface area contributed by atoms with Crippen LogP contribution in [-0.4, -0.2) is 30.0 Å². The van der Waals surface area contributed by atoms with E-state index in [0.29, 0.717) is 12.2 Å². The van der Waals surface area contributed by atoms with Crippen LogP contribution in [-0.2, 0) is 6.54 Å². The van der Waals surface area contributed by atoms with Gasteiger partial charge >= 0.3 is 0 Å². The summed E-state index contributed by atoms with van der Waals surface area (Å²) in [7, 11) is 2.07. The molecule has 0 bridgehead atoms. The highest BCUT2D eigenvalue weighted by Crippen LogP contribution is 2.22. The van der Waals surface area contributed by atoms with Crippen molar-refractivity contribution in [1.29, 1.82) is 5.26 Å². The summed E-state index contributed by atoms with van der Waals surface area (Å²) >= 11 is 0. The molecule has 24 heavy (non-hydrogen) atoms. The SMILES string of the molecule is CN(CCCNc1ccc(C#N)c([N+](=O)[O-])c1)Cc1ccccc1. The maximum Gasteiger partial charge on any atom is 0.289 e. The Labute approximate surface area is 141 Å². The fourth-order valence-electron chi connectivity index (χ4n) is 2.44. The van der Waals surface area contributed by atoms with E-state index in [4.69, 9.17) is 5.26 Å². The summed E-state index contributed by atoms with van der Waals surface area (Å²) in [5.74, 6) is 0. The second-order valence-corrected chi connectivity index (χ2v) is 5.60. The van der Waals surface area contributed by atoms with E-state index in [2.05, 4.69) is 29.4 Å². The van der Waals surface area contributed by atoms with Crippen molar-refractivity contribution in [2.24, 2.45) is 0 Å². The molecule has 0 spiro atoms. The minimum absolute atomic E-state index is 0.0770. The van der Waals surface area contributed by atoms with Gasteiger partial charge in [-0.25, -0.2) is 0 Å². The Bertz CT molecular complexity index is 726. The molecular weight excluding hydrogens is 304 g/mol. The Hall–Kier alpha value is -2.91. The minimum atomic E-state index is -0.530. The molecule has 0 unspecified atom stereocenters. The minimum Gasteiger partial charge on any atom is -0.385 e. The molecule has 6 nitrogen and oxygen atoms in total. The van der Waals surface area contributed by atoms with Gasteiger partial charge in [-0.15, -0.1) is 0 Å². The fraction of sp³-hybridized carbons (Fsp3) is 0.278. The van der Waals surface area contributed by atoms with Crippen LogP contribution >= 0.6 is 0 Å². The second kappa shape index (κ2) is 8.65. The number of benzene rings is 2. The lowest BCUT2D eigenvalue weighted by Crippen LogP contribution is -2.21. The van der Waals surface area contributed by atoms with Crippen LogP contribution in [0.25, 0.3) is 0 Å². The van der Waals surface area contributed by atoms with Crippen LogP contribution in [0.2, 0.25) is 0 Å². The molecule has 2 aromatic carbocycles. The molecule has 0 heterocycles. The van der Waals surface area contributed by atoms with E-state index >= 15 is 0 Å². The number of rotatable bonds is 8. The van der Waals surface area contributed by atoms with Crippen molar-refractivity contribution in [2.75, 3.05) is 25.5 Å². The summed E-state index contributed by atoms with van der Waals surface area (Å²) in [5.41, 5.74) is 1.85. The highest BCUT2D eigenvalue weighted by Gasteiger charge is 2.13. The maximum atomic E-state index is 10.9. The van der Waals surface area contributed by atoms with Gasteiger partial charge < -0.3 is 10.2 Å². The third-order valence-corrected chi connectivity index (χ3v) is 3.66. The summed E-state index contributed by atoms with van der Waals surface area (Å²) in [6.07, 6.45) is 0.914. The Morgan fingerprint density at radius 3 is 2.67 bits per heavy atom. The van der Waals surface area contributed by atoms with Crippen LogP contribution in [0.4, 0.5) is 11.4 Å². The highest BCUT2D eigenvalue weighted by atomic mass is 16.6. The van der Waals surface area contributed by atoms with Gasteiger partial charge in [0.25, 0.3) is 5.69 Å². The van der Waals surface area contributed by atoms with Gasteiger partial charge in [-0.2, -0.15) is 5.26 Å². The molecule has 124 valence electrons. The maximum absolute atomic E-state index is 10.9. The van der Waals surface area contributed by atoms with Gasteiger partial charge in [0, 0.05) is 24.8 Å². The molecular formula is C18H20N4O2. The Morgan fingerprint density at radius 2 is 2.00 bits per heavy atom. The molecule has 0 aliphatic heterocycles. The molecule has 0 fully saturated rings. The molecule has 2 rings (SSSR count). The van der Waals surface area contributed by atoms with Crippen molar-refractivity contribution in [3.05, 3.63) is 69.8 Å². The third-order valence-electron chi connectivity index (χ3n) is 3.66. The van der Waals surface area contributed by atoms with Crippen LogP contribution in [0.1, 0.15) is 17.5 Å². The predicted octanol–water partition coefficient (Wildman–Crippen LogP) is 3.40. The fourth-order valence-corrected chi connectivity index (χ4v) is 2.44. The Morgan fingerprint density at radius 1 is 1.25 bits per heavy atom. The predicted molar refractivity (Wildman–Crippen MR) is 93.7 cm³/mol. The quantitative estimate of drug-likeness (QED) is 0.457. The summed E-state index contributed by atoms with van der Waals surface area (Å²) in [4.78, 5) is 12.6. The number of nitrogens with one attached hydrogen (secondary N) is 1. The number of nitriles is 1. The summed E-state index contributed by atoms with van der Waals surface area (Å²) in [6, 6.07) is 16.7. The number of hydrogen-bond donors (Lipinski definition) is 1. The number of anilines is 1. The van der Waals surface area contributed by atoms with Gasteiger partial charge in [0.15, 0.2) is 0 Å². The van der Waals surface area contributed by atoms with Crippen molar-refractivity contribution < 1.29 is 4.92 Å². The lowest BCUT2D eigenvalue weighted by Gasteiger charge is -2.17. The van der Waals surface area contributed by atoms with Gasteiger partial charge in [-0.3, -0.25) is 10.1 Å². The Kier molecular flexibility index (Phi) is 6.29. The largest absolute Gasteiger partial charge is 0.385 e. The number of nitrogens with zero attached hydrogens (tertiary/aromatic N) is 3. The highest BCUT2D eigenvalue weighted by molar-refractivity contribution is 5.59. The van der Waals surface area contributed by atoms with Crippen LogP contribution in [0.3, 0.4) is 0 Å². The zero-order valence-corrected chi connectivity index (χ0v) is 13.6. The van der Waals surface area contributed by atoms with Gasteiger partial charge in [0.05, 0.1) is 4.92 Å². The van der Waals surface area contributed by atoms with E-state index in [9.17, 15) is 10.1 Å². The van der Waals surface area contributed by atoms with Crippen molar-refractivity contribution in [3.63, 3.8) is 0 Å². The molecule has 0 aliphatic rings. The van der Waals surface area contributed by atoms with Crippen molar-refractivity contribution in [2.45, 2.75) is 13.0 Å². The van der Waals surface area contributed by atoms with Crippen LogP contribution in [0.5, 0.6) is 0 Å². The van der Waals surface area contributed by atoms with Gasteiger partial charge in [-0.05, 0) is 37.7 Å². The third kappa shape index (κ3) is 5.07. The van der Waals surface area contributed by atoms with Crippen LogP contribution < -0.4 is 5.32 Å². The van der Waals surface area contributed by atoms with E-state index in [-0.39, 0.29) is 11.3 Å². The van der Waals surface area contributed by atoms with Gasteiger partial charge in [0.1, 0.15) is 11.6 Å². The molecule has 0 saturated heterocycles. The number of nitro groups is 1. The first-order valence-electron chi connectivity index (χ1n) is 7.75. The summed E-state index contributed by atoms with van der Waals surface area (Å²) in [5, 5.41) is 23.0. The first-order valence-corrected chi connectivity index (χ1v) is 7.75. The summed E-state index contributed by atoms with van der Waals surface area (Å²) in [6.45, 7) is 2.52. The van der Waals surface area contributed by atoms with Crippen molar-refractivity contribution >= 4 is 11.4 Å². The number of hydrogen-bond acceptors (Lipinski definition) is 5. The van der Waals surface area contributed by atoms with Crippen LogP contribution in [0, 0.1) is 21.4 Å². The zero-order valence-electron chi connectivity index (χ0n) is 13.6. The van der Waals surface area contributed by atoms with Crippen molar-refractivity contribution in [3.8, 4) is 6.07 Å². The normalized spacial score (nSPS) is 10.4. The van der Waals surface area contributed by atoms with E-state index < -0.39 is 4.92 Å². The molecule has 0 amide bonds. The monoisotopic (exact) mass is 324 g/mol. The second-order valence-electron chi connectivity index (χ2n) is 5.60. The molecule has 0 aliphatic carbocycles. The van der Waals surface area contributed by atoms with E-state index in [1.54, 1.807) is 6.07 Å². The lowest BCUT2D eigenvalue weighted by atomic mass is 10.2. The first kappa shape index (κ1) is 17.4. The molecule has 1 N–H and O–H groups in total. The molecule has 0 radical (unpaired) electrons. The summed E-state index contributed by atoms with van der Waals surface area (Å²) < 4.78 is 0. The van der Waals surface area contributed by atoms with Gasteiger partial charge in [-0.1, -0.05) is 30.3 Å². The van der Waals surface area contributed by atoms with Crippen molar-refractivity contribution in [1.82, 2.24) is 4.90 Å². The molecule has 6 heteroatoms. The molecule has 2 aromatic rings. The Balaban J connectivity index is 1.79. The molecule has 0 aromatic heterocycles. The van der Waals surface area contributed by atoms with Gasteiger partial charge in [0.2, 0.25) is 0 Å². The van der Waals surface area contributed by atoms with E-state index in [1.807, 2.05) is 24.3 Å². The standard InChI is InChI=1S/C18H20N4O2/c1-21(14-15-6-3-2-4-7-15)11-5-10-20-17-9-8-16(13-19)18(12-17)22(23)24/h2-4,6-9,12,20H,5,10-11,14H2,1H3. The van der Waals surface area contributed by atoms with E-state index in [0.717, 1.165) is 19.5 Å². The van der Waals surface area contributed by atoms with Crippen LogP contribution in [0.15, 0.2) is 48.5 Å². The molecule has 0 saturated carbocycles.